The molecule has 3 atom stereocenters. The smallest absolute Gasteiger partial charge is 0.351 e. The first-order chi connectivity index (χ1) is 10.9. The van der Waals surface area contributed by atoms with Gasteiger partial charge in [0.2, 0.25) is 5.60 Å². The van der Waals surface area contributed by atoms with Gasteiger partial charge in [0.25, 0.3) is 0 Å². The molecule has 2 fully saturated rings. The average Bonchev–Trinajstić information content (AvgIpc) is 2.80. The molecule has 1 aliphatic heterocycles. The van der Waals surface area contributed by atoms with Crippen molar-refractivity contribution in [2.75, 3.05) is 6.61 Å². The van der Waals surface area contributed by atoms with Crippen LogP contribution in [0.25, 0.3) is 0 Å². The zero-order valence-electron chi connectivity index (χ0n) is 14.4. The third-order valence-electron chi connectivity index (χ3n) is 5.81. The zero-order valence-corrected chi connectivity index (χ0v) is 15.2. The highest BCUT2D eigenvalue weighted by Gasteiger charge is 2.76. The lowest BCUT2D eigenvalue weighted by atomic mass is 9.66. The molecule has 2 aliphatic rings. The van der Waals surface area contributed by atoms with E-state index in [-0.39, 0.29) is 0 Å². The lowest BCUT2D eigenvalue weighted by Crippen LogP contribution is -2.49. The van der Waals surface area contributed by atoms with E-state index in [1.165, 1.54) is 13.8 Å². The molecule has 1 heterocycles. The second-order valence-electron chi connectivity index (χ2n) is 7.57. The SMILES string of the molecule is CC(C)(SOOO)C(F)COC(=O)C12CCC(C)(C(=O)O1)C2(C)C. The molecule has 9 heteroatoms. The highest BCUT2D eigenvalue weighted by Crippen LogP contribution is 2.65. The van der Waals surface area contributed by atoms with Crippen LogP contribution in [0.3, 0.4) is 0 Å². The molecule has 0 aromatic rings. The summed E-state index contributed by atoms with van der Waals surface area (Å²) in [7, 11) is 0. The van der Waals surface area contributed by atoms with E-state index in [2.05, 4.69) is 9.37 Å². The zero-order chi connectivity index (χ0) is 18.4. The van der Waals surface area contributed by atoms with E-state index >= 15 is 0 Å². The maximum Gasteiger partial charge on any atom is 0.351 e. The lowest BCUT2D eigenvalue weighted by molar-refractivity contribution is -0.432. The van der Waals surface area contributed by atoms with Crippen molar-refractivity contribution in [2.24, 2.45) is 10.8 Å². The Labute approximate surface area is 144 Å². The molecule has 0 amide bonds. The summed E-state index contributed by atoms with van der Waals surface area (Å²) in [4.78, 5) is 24.7. The van der Waals surface area contributed by atoms with Crippen LogP contribution in [-0.2, 0) is 28.4 Å². The minimum Gasteiger partial charge on any atom is -0.460 e. The largest absolute Gasteiger partial charge is 0.460 e. The highest BCUT2D eigenvalue weighted by molar-refractivity contribution is 7.96. The van der Waals surface area contributed by atoms with Crippen molar-refractivity contribution in [2.45, 2.75) is 64.0 Å². The standard InChI is InChI=1S/C15H23FO7S/c1-12(2,24-23-22-19)9(16)8-20-11(18)15-7-6-14(5,10(17)21-15)13(15,3)4/h9,19H,6-8H2,1-5H3. The molecule has 0 aromatic carbocycles. The van der Waals surface area contributed by atoms with E-state index in [0.29, 0.717) is 24.9 Å². The number of fused-ring (bicyclic) bond motifs is 2. The van der Waals surface area contributed by atoms with Gasteiger partial charge in [-0.05, 0) is 33.6 Å². The summed E-state index contributed by atoms with van der Waals surface area (Å²) in [5.74, 6) is -1.15. The number of carbonyl (C=O) groups excluding carboxylic acids is 2. The number of hydrogen-bond acceptors (Lipinski definition) is 8. The summed E-state index contributed by atoms with van der Waals surface area (Å²) in [5.41, 5.74) is -2.86. The monoisotopic (exact) mass is 366 g/mol. The Balaban J connectivity index is 2.05. The second kappa shape index (κ2) is 6.12. The summed E-state index contributed by atoms with van der Waals surface area (Å²) >= 11 is 0.559. The van der Waals surface area contributed by atoms with Gasteiger partial charge in [0.15, 0.2) is 6.17 Å². The molecule has 2 bridgehead atoms. The van der Waals surface area contributed by atoms with Crippen molar-refractivity contribution < 1.29 is 38.1 Å². The maximum absolute atomic E-state index is 14.3. The fourth-order valence-electron chi connectivity index (χ4n) is 3.32. The number of alkyl halides is 1. The molecule has 0 aromatic heterocycles. The van der Waals surface area contributed by atoms with E-state index in [1.54, 1.807) is 20.8 Å². The third-order valence-corrected chi connectivity index (χ3v) is 6.62. The molecule has 3 unspecified atom stereocenters. The molecule has 1 saturated carbocycles. The molecule has 1 saturated heterocycles. The van der Waals surface area contributed by atoms with Crippen molar-refractivity contribution in [1.29, 1.82) is 0 Å². The van der Waals surface area contributed by atoms with E-state index in [4.69, 9.17) is 14.7 Å². The Morgan fingerprint density at radius 1 is 1.42 bits per heavy atom. The van der Waals surface area contributed by atoms with Gasteiger partial charge < -0.3 is 9.47 Å². The Bertz CT molecular complexity index is 538. The predicted octanol–water partition coefficient (Wildman–Crippen LogP) is 2.84. The van der Waals surface area contributed by atoms with Gasteiger partial charge in [0.1, 0.15) is 6.61 Å². The van der Waals surface area contributed by atoms with Crippen LogP contribution < -0.4 is 0 Å². The molecule has 138 valence electrons. The Morgan fingerprint density at radius 3 is 2.50 bits per heavy atom. The van der Waals surface area contributed by atoms with Crippen LogP contribution in [0.1, 0.15) is 47.5 Å². The molecular weight excluding hydrogens is 343 g/mol. The number of ether oxygens (including phenoxy) is 2. The number of esters is 2. The van der Waals surface area contributed by atoms with Crippen molar-refractivity contribution in [1.82, 2.24) is 0 Å². The van der Waals surface area contributed by atoms with Gasteiger partial charge >= 0.3 is 11.9 Å². The number of carbonyl (C=O) groups is 2. The quantitative estimate of drug-likeness (QED) is 0.318. The van der Waals surface area contributed by atoms with Crippen LogP contribution in [0, 0.1) is 10.8 Å². The molecule has 2 rings (SSSR count). The molecule has 24 heavy (non-hydrogen) atoms. The molecule has 1 N–H and O–H groups in total. The third kappa shape index (κ3) is 2.61. The summed E-state index contributed by atoms with van der Waals surface area (Å²) < 4.78 is 28.0. The van der Waals surface area contributed by atoms with Crippen molar-refractivity contribution >= 4 is 24.0 Å². The van der Waals surface area contributed by atoms with Gasteiger partial charge in [-0.15, -0.1) is 4.33 Å². The first kappa shape index (κ1) is 19.4. The van der Waals surface area contributed by atoms with E-state index < -0.39 is 45.9 Å². The Hall–Kier alpha value is -0.900. The maximum atomic E-state index is 14.3. The second-order valence-corrected chi connectivity index (χ2v) is 8.92. The van der Waals surface area contributed by atoms with Crippen LogP contribution >= 0.6 is 12.0 Å². The fraction of sp³-hybridized carbons (Fsp3) is 0.867. The van der Waals surface area contributed by atoms with E-state index in [0.717, 1.165) is 0 Å². The van der Waals surface area contributed by atoms with Gasteiger partial charge in [-0.3, -0.25) is 4.79 Å². The highest BCUT2D eigenvalue weighted by atomic mass is 32.2. The summed E-state index contributed by atoms with van der Waals surface area (Å²) in [5, 5.41) is 11.6. The molecule has 0 radical (unpaired) electrons. The number of halogens is 1. The number of rotatable bonds is 7. The van der Waals surface area contributed by atoms with Crippen LogP contribution in [0.15, 0.2) is 0 Å². The fourth-order valence-corrected chi connectivity index (χ4v) is 3.70. The van der Waals surface area contributed by atoms with Crippen LogP contribution in [0.2, 0.25) is 0 Å². The first-order valence-electron chi connectivity index (χ1n) is 7.65. The van der Waals surface area contributed by atoms with Crippen molar-refractivity contribution in [3.63, 3.8) is 0 Å². The van der Waals surface area contributed by atoms with Gasteiger partial charge in [0, 0.05) is 17.5 Å². The first-order valence-corrected chi connectivity index (χ1v) is 8.39. The molecule has 0 spiro atoms. The topological polar surface area (TPSA) is 91.3 Å². The van der Waals surface area contributed by atoms with E-state index in [9.17, 15) is 14.0 Å². The minimum absolute atomic E-state index is 0.359. The van der Waals surface area contributed by atoms with E-state index in [1.807, 2.05) is 0 Å². The van der Waals surface area contributed by atoms with Crippen LogP contribution in [-0.4, -0.2) is 40.3 Å². The normalized spacial score (nSPS) is 32.5. The van der Waals surface area contributed by atoms with Gasteiger partial charge in [-0.2, -0.15) is 0 Å². The summed E-state index contributed by atoms with van der Waals surface area (Å²) in [6, 6.07) is 0. The van der Waals surface area contributed by atoms with Crippen molar-refractivity contribution in [3.8, 4) is 0 Å². The molecule has 7 nitrogen and oxygen atoms in total. The van der Waals surface area contributed by atoms with Crippen LogP contribution in [0.4, 0.5) is 4.39 Å². The average molecular weight is 366 g/mol. The minimum atomic E-state index is -1.59. The van der Waals surface area contributed by atoms with Gasteiger partial charge in [0.05, 0.1) is 10.2 Å². The predicted molar refractivity (Wildman–Crippen MR) is 82.3 cm³/mol. The van der Waals surface area contributed by atoms with Gasteiger partial charge in [-0.25, -0.2) is 14.4 Å². The lowest BCUT2D eigenvalue weighted by Gasteiger charge is -2.35. The van der Waals surface area contributed by atoms with Gasteiger partial charge in [-0.1, -0.05) is 18.9 Å². The molecule has 1 aliphatic carbocycles. The summed E-state index contributed by atoms with van der Waals surface area (Å²) in [6.07, 6.45) is -0.709. The van der Waals surface area contributed by atoms with Crippen molar-refractivity contribution in [3.05, 3.63) is 0 Å². The van der Waals surface area contributed by atoms with Crippen LogP contribution in [0.5, 0.6) is 0 Å². The Kier molecular flexibility index (Phi) is 4.95. The molecular formula is C15H23FO7S. The Morgan fingerprint density at radius 2 is 2.04 bits per heavy atom. The summed E-state index contributed by atoms with van der Waals surface area (Å²) in [6.45, 7) is 7.84. The number of hydrogen-bond donors (Lipinski definition) is 1.